The predicted molar refractivity (Wildman–Crippen MR) is 84.5 cm³/mol. The molecule has 0 atom stereocenters. The maximum atomic E-state index is 11.9. The Balaban J connectivity index is 1.70. The second kappa shape index (κ2) is 6.48. The van der Waals surface area contributed by atoms with Crippen LogP contribution in [0.15, 0.2) is 45.5 Å². The van der Waals surface area contributed by atoms with Crippen molar-refractivity contribution in [3.05, 3.63) is 63.7 Å². The fourth-order valence-corrected chi connectivity index (χ4v) is 2.52. The van der Waals surface area contributed by atoms with E-state index in [2.05, 4.69) is 5.16 Å². The molecule has 0 aliphatic carbocycles. The number of aryl methyl sites for hydroxylation is 1. The van der Waals surface area contributed by atoms with Gasteiger partial charge in [-0.15, -0.1) is 0 Å². The third-order valence-electron chi connectivity index (χ3n) is 3.19. The molecule has 3 aromatic rings. The SMILES string of the molecule is Cc1occc1C(=O)OCc1cc(-c2ccc(Cl)cc2Cl)no1. The topological polar surface area (TPSA) is 65.5 Å². The molecule has 0 bridgehead atoms. The number of benzene rings is 1. The number of rotatable bonds is 4. The van der Waals surface area contributed by atoms with Crippen LogP contribution in [0.1, 0.15) is 21.9 Å². The zero-order valence-corrected chi connectivity index (χ0v) is 13.5. The van der Waals surface area contributed by atoms with Crippen LogP contribution in [0.3, 0.4) is 0 Å². The summed E-state index contributed by atoms with van der Waals surface area (Å²) in [5.74, 6) is 0.417. The molecule has 1 aromatic carbocycles. The van der Waals surface area contributed by atoms with Gasteiger partial charge in [-0.2, -0.15) is 0 Å². The van der Waals surface area contributed by atoms with Crippen LogP contribution in [-0.2, 0) is 11.3 Å². The molecular weight excluding hydrogens is 341 g/mol. The van der Waals surface area contributed by atoms with Crippen LogP contribution < -0.4 is 0 Å². The van der Waals surface area contributed by atoms with Crippen LogP contribution in [0, 0.1) is 6.92 Å². The van der Waals surface area contributed by atoms with Crippen LogP contribution in [0.2, 0.25) is 10.0 Å². The zero-order chi connectivity index (χ0) is 16.4. The van der Waals surface area contributed by atoms with E-state index in [-0.39, 0.29) is 6.61 Å². The smallest absolute Gasteiger partial charge is 0.342 e. The van der Waals surface area contributed by atoms with Gasteiger partial charge in [0.05, 0.1) is 11.3 Å². The maximum Gasteiger partial charge on any atom is 0.342 e. The van der Waals surface area contributed by atoms with Gasteiger partial charge in [0, 0.05) is 16.7 Å². The number of carbonyl (C=O) groups excluding carboxylic acids is 1. The Hall–Kier alpha value is -2.24. The number of hydrogen-bond acceptors (Lipinski definition) is 5. The van der Waals surface area contributed by atoms with Crippen molar-refractivity contribution in [2.45, 2.75) is 13.5 Å². The van der Waals surface area contributed by atoms with Crippen molar-refractivity contribution in [3.8, 4) is 11.3 Å². The van der Waals surface area contributed by atoms with E-state index in [4.69, 9.17) is 36.9 Å². The molecule has 0 amide bonds. The van der Waals surface area contributed by atoms with Crippen molar-refractivity contribution in [1.82, 2.24) is 5.16 Å². The standard InChI is InChI=1S/C16H11Cl2NO4/c1-9-12(4-5-21-9)16(20)22-8-11-7-15(19-23-11)13-3-2-10(17)6-14(13)18/h2-7H,8H2,1H3. The van der Waals surface area contributed by atoms with Crippen LogP contribution in [0.4, 0.5) is 0 Å². The average Bonchev–Trinajstić information content (AvgIpc) is 3.14. The Morgan fingerprint density at radius 1 is 1.26 bits per heavy atom. The molecule has 23 heavy (non-hydrogen) atoms. The molecule has 3 rings (SSSR count). The third-order valence-corrected chi connectivity index (χ3v) is 3.74. The van der Waals surface area contributed by atoms with Crippen molar-refractivity contribution in [2.75, 3.05) is 0 Å². The Labute approximate surface area is 141 Å². The molecule has 0 aliphatic heterocycles. The van der Waals surface area contributed by atoms with Crippen molar-refractivity contribution < 1.29 is 18.5 Å². The quantitative estimate of drug-likeness (QED) is 0.625. The van der Waals surface area contributed by atoms with Crippen molar-refractivity contribution in [2.24, 2.45) is 0 Å². The number of nitrogens with zero attached hydrogens (tertiary/aromatic N) is 1. The summed E-state index contributed by atoms with van der Waals surface area (Å²) in [5.41, 5.74) is 1.60. The van der Waals surface area contributed by atoms with E-state index in [0.29, 0.717) is 38.4 Å². The minimum absolute atomic E-state index is 0.0400. The van der Waals surface area contributed by atoms with E-state index in [1.165, 1.54) is 6.26 Å². The first-order valence-electron chi connectivity index (χ1n) is 6.67. The fourth-order valence-electron chi connectivity index (χ4n) is 2.02. The van der Waals surface area contributed by atoms with Crippen LogP contribution >= 0.6 is 23.2 Å². The lowest BCUT2D eigenvalue weighted by molar-refractivity contribution is 0.0435. The predicted octanol–water partition coefficient (Wildman–Crippen LogP) is 4.91. The lowest BCUT2D eigenvalue weighted by atomic mass is 10.1. The van der Waals surface area contributed by atoms with Gasteiger partial charge in [-0.1, -0.05) is 28.4 Å². The highest BCUT2D eigenvalue weighted by molar-refractivity contribution is 6.36. The number of halogens is 2. The molecule has 0 spiro atoms. The second-order valence-electron chi connectivity index (χ2n) is 4.77. The van der Waals surface area contributed by atoms with E-state index in [1.807, 2.05) is 0 Å². The largest absolute Gasteiger partial charge is 0.469 e. The van der Waals surface area contributed by atoms with E-state index >= 15 is 0 Å². The van der Waals surface area contributed by atoms with Gasteiger partial charge in [0.2, 0.25) is 0 Å². The molecule has 0 fully saturated rings. The van der Waals surface area contributed by atoms with E-state index in [1.54, 1.807) is 37.3 Å². The third kappa shape index (κ3) is 3.41. The summed E-state index contributed by atoms with van der Waals surface area (Å²) in [5, 5.41) is 4.92. The van der Waals surface area contributed by atoms with Gasteiger partial charge in [-0.25, -0.2) is 4.79 Å². The molecule has 0 radical (unpaired) electrons. The summed E-state index contributed by atoms with van der Waals surface area (Å²) < 4.78 is 15.4. The van der Waals surface area contributed by atoms with Gasteiger partial charge >= 0.3 is 5.97 Å². The molecule has 0 aliphatic rings. The summed E-state index contributed by atoms with van der Waals surface area (Å²) >= 11 is 12.0. The molecule has 2 heterocycles. The lowest BCUT2D eigenvalue weighted by Crippen LogP contribution is -2.04. The highest BCUT2D eigenvalue weighted by atomic mass is 35.5. The Morgan fingerprint density at radius 2 is 2.09 bits per heavy atom. The molecule has 0 N–H and O–H groups in total. The molecule has 0 unspecified atom stereocenters. The Bertz CT molecular complexity index is 853. The highest BCUT2D eigenvalue weighted by Gasteiger charge is 2.15. The Morgan fingerprint density at radius 3 is 2.78 bits per heavy atom. The summed E-state index contributed by atoms with van der Waals surface area (Å²) in [6, 6.07) is 8.28. The van der Waals surface area contributed by atoms with Crippen molar-refractivity contribution >= 4 is 29.2 Å². The zero-order valence-electron chi connectivity index (χ0n) is 12.0. The summed E-state index contributed by atoms with van der Waals surface area (Å²) in [6.07, 6.45) is 1.43. The van der Waals surface area contributed by atoms with Crippen LogP contribution in [-0.4, -0.2) is 11.1 Å². The molecular formula is C16H11Cl2NO4. The minimum Gasteiger partial charge on any atom is -0.469 e. The van der Waals surface area contributed by atoms with Gasteiger partial charge < -0.3 is 13.7 Å². The van der Waals surface area contributed by atoms with Gasteiger partial charge in [0.1, 0.15) is 17.0 Å². The maximum absolute atomic E-state index is 11.9. The van der Waals surface area contributed by atoms with Gasteiger partial charge in [-0.05, 0) is 31.2 Å². The normalized spacial score (nSPS) is 10.7. The number of esters is 1. The van der Waals surface area contributed by atoms with Gasteiger partial charge in [-0.3, -0.25) is 0 Å². The monoisotopic (exact) mass is 351 g/mol. The first kappa shape index (κ1) is 15.6. The summed E-state index contributed by atoms with van der Waals surface area (Å²) in [6.45, 7) is 1.65. The number of carbonyl (C=O) groups is 1. The molecule has 7 heteroatoms. The molecule has 2 aromatic heterocycles. The average molecular weight is 352 g/mol. The fraction of sp³-hybridized carbons (Fsp3) is 0.125. The van der Waals surface area contributed by atoms with E-state index in [9.17, 15) is 4.79 Å². The second-order valence-corrected chi connectivity index (χ2v) is 5.61. The summed E-state index contributed by atoms with van der Waals surface area (Å²) in [7, 11) is 0. The van der Waals surface area contributed by atoms with Crippen LogP contribution in [0.25, 0.3) is 11.3 Å². The first-order valence-corrected chi connectivity index (χ1v) is 7.42. The number of aromatic nitrogens is 1. The molecule has 0 saturated carbocycles. The summed E-state index contributed by atoms with van der Waals surface area (Å²) in [4.78, 5) is 11.9. The number of furan rings is 1. The molecule has 0 saturated heterocycles. The number of hydrogen-bond donors (Lipinski definition) is 0. The van der Waals surface area contributed by atoms with Gasteiger partial charge in [0.25, 0.3) is 0 Å². The van der Waals surface area contributed by atoms with E-state index in [0.717, 1.165) is 0 Å². The van der Waals surface area contributed by atoms with Crippen LogP contribution in [0.5, 0.6) is 0 Å². The first-order chi connectivity index (χ1) is 11.0. The lowest BCUT2D eigenvalue weighted by Gasteiger charge is -2.00. The molecule has 118 valence electrons. The van der Waals surface area contributed by atoms with Crippen molar-refractivity contribution in [1.29, 1.82) is 0 Å². The molecule has 5 nitrogen and oxygen atoms in total. The minimum atomic E-state index is -0.487. The number of ether oxygens (including phenoxy) is 1. The van der Waals surface area contributed by atoms with Gasteiger partial charge in [0.15, 0.2) is 12.4 Å². The van der Waals surface area contributed by atoms with E-state index < -0.39 is 5.97 Å². The Kier molecular flexibility index (Phi) is 4.41. The highest BCUT2D eigenvalue weighted by Crippen LogP contribution is 2.30. The van der Waals surface area contributed by atoms with Crippen molar-refractivity contribution in [3.63, 3.8) is 0 Å².